The van der Waals surface area contributed by atoms with Gasteiger partial charge in [0, 0.05) is 17.0 Å². The number of nitrogens with one attached hydrogen (secondary N) is 2. The molecule has 0 spiro atoms. The van der Waals surface area contributed by atoms with E-state index >= 15 is 0 Å². The quantitative estimate of drug-likeness (QED) is 0.796. The fourth-order valence-electron chi connectivity index (χ4n) is 2.90. The molecule has 0 radical (unpaired) electrons. The van der Waals surface area contributed by atoms with Gasteiger partial charge in [0.25, 0.3) is 5.91 Å². The number of aromatic nitrogens is 2. The summed E-state index contributed by atoms with van der Waals surface area (Å²) in [5.41, 5.74) is 7.33. The molecule has 20 heavy (non-hydrogen) atoms. The van der Waals surface area contributed by atoms with Gasteiger partial charge >= 0.3 is 0 Å². The fraction of sp³-hybridized carbons (Fsp3) is 0.467. The van der Waals surface area contributed by atoms with E-state index in [-0.39, 0.29) is 11.9 Å². The molecule has 5 heteroatoms. The molecule has 1 aromatic heterocycles. The first-order valence-electron chi connectivity index (χ1n) is 7.20. The molecule has 5 nitrogen and oxygen atoms in total. The second kappa shape index (κ2) is 5.63. The molecule has 106 valence electrons. The number of nitrogens with two attached hydrogens (primary N) is 1. The normalized spacial score (nSPS) is 22.9. The number of carbonyl (C=O) groups is 1. The van der Waals surface area contributed by atoms with E-state index in [0.717, 1.165) is 43.1 Å². The SMILES string of the molecule is NCC1CCC(NC(=O)c2ccc3[nH]ncc3c2)CC1. The Hall–Kier alpha value is -1.88. The van der Waals surface area contributed by atoms with Crippen LogP contribution >= 0.6 is 0 Å². The highest BCUT2D eigenvalue weighted by molar-refractivity contribution is 5.97. The van der Waals surface area contributed by atoms with Crippen molar-refractivity contribution >= 4 is 16.8 Å². The lowest BCUT2D eigenvalue weighted by Gasteiger charge is -2.28. The second-order valence-electron chi connectivity index (χ2n) is 5.60. The zero-order valence-electron chi connectivity index (χ0n) is 11.4. The van der Waals surface area contributed by atoms with Gasteiger partial charge in [-0.15, -0.1) is 0 Å². The lowest BCUT2D eigenvalue weighted by Crippen LogP contribution is -2.38. The molecule has 0 atom stereocenters. The Morgan fingerprint density at radius 1 is 1.35 bits per heavy atom. The molecule has 0 aliphatic heterocycles. The summed E-state index contributed by atoms with van der Waals surface area (Å²) in [6, 6.07) is 5.88. The van der Waals surface area contributed by atoms with Crippen LogP contribution in [0.25, 0.3) is 10.9 Å². The van der Waals surface area contributed by atoms with E-state index in [0.29, 0.717) is 11.5 Å². The summed E-state index contributed by atoms with van der Waals surface area (Å²) in [5.74, 6) is 0.634. The van der Waals surface area contributed by atoms with Crippen molar-refractivity contribution in [3.8, 4) is 0 Å². The van der Waals surface area contributed by atoms with Crippen molar-refractivity contribution in [2.75, 3.05) is 6.54 Å². The smallest absolute Gasteiger partial charge is 0.251 e. The maximum absolute atomic E-state index is 12.3. The Balaban J connectivity index is 1.64. The second-order valence-corrected chi connectivity index (χ2v) is 5.60. The molecule has 0 bridgehead atoms. The number of aromatic amines is 1. The van der Waals surface area contributed by atoms with E-state index in [1.807, 2.05) is 18.2 Å². The number of hydrogen-bond donors (Lipinski definition) is 3. The van der Waals surface area contributed by atoms with Crippen LogP contribution in [0, 0.1) is 5.92 Å². The molecule has 3 rings (SSSR count). The Labute approximate surface area is 117 Å². The van der Waals surface area contributed by atoms with Crippen LogP contribution < -0.4 is 11.1 Å². The average Bonchev–Trinajstić information content (AvgIpc) is 2.95. The number of rotatable bonds is 3. The maximum Gasteiger partial charge on any atom is 0.251 e. The van der Waals surface area contributed by atoms with Crippen LogP contribution in [0.2, 0.25) is 0 Å². The van der Waals surface area contributed by atoms with Crippen molar-refractivity contribution in [2.24, 2.45) is 11.7 Å². The molecular weight excluding hydrogens is 252 g/mol. The van der Waals surface area contributed by atoms with Crippen LogP contribution in [-0.2, 0) is 0 Å². The van der Waals surface area contributed by atoms with Crippen LogP contribution in [0.5, 0.6) is 0 Å². The lowest BCUT2D eigenvalue weighted by molar-refractivity contribution is 0.0922. The third-order valence-corrected chi connectivity index (χ3v) is 4.22. The number of carbonyl (C=O) groups excluding carboxylic acids is 1. The topological polar surface area (TPSA) is 83.8 Å². The van der Waals surface area contributed by atoms with Crippen molar-refractivity contribution < 1.29 is 4.79 Å². The third kappa shape index (κ3) is 2.67. The van der Waals surface area contributed by atoms with Gasteiger partial charge in [0.1, 0.15) is 0 Å². The summed E-state index contributed by atoms with van der Waals surface area (Å²) >= 11 is 0. The summed E-state index contributed by atoms with van der Waals surface area (Å²) in [6.07, 6.45) is 6.02. The van der Waals surface area contributed by atoms with Gasteiger partial charge in [0.05, 0.1) is 11.7 Å². The molecule has 1 aliphatic rings. The third-order valence-electron chi connectivity index (χ3n) is 4.22. The van der Waals surface area contributed by atoms with Crippen LogP contribution in [0.3, 0.4) is 0 Å². The van der Waals surface area contributed by atoms with Gasteiger partial charge in [0.2, 0.25) is 0 Å². The number of H-pyrrole nitrogens is 1. The number of hydrogen-bond acceptors (Lipinski definition) is 3. The van der Waals surface area contributed by atoms with Crippen LogP contribution in [-0.4, -0.2) is 28.7 Å². The molecule has 1 heterocycles. The Bertz CT molecular complexity index is 599. The Morgan fingerprint density at radius 2 is 2.15 bits per heavy atom. The molecular formula is C15H20N4O. The first-order valence-corrected chi connectivity index (χ1v) is 7.20. The predicted octanol–water partition coefficient (Wildman–Crippen LogP) is 1.81. The summed E-state index contributed by atoms with van der Waals surface area (Å²) < 4.78 is 0. The van der Waals surface area contributed by atoms with E-state index < -0.39 is 0 Å². The first-order chi connectivity index (χ1) is 9.76. The highest BCUT2D eigenvalue weighted by atomic mass is 16.1. The molecule has 1 aliphatic carbocycles. The molecule has 4 N–H and O–H groups in total. The van der Waals surface area contributed by atoms with Gasteiger partial charge < -0.3 is 11.1 Å². The number of benzene rings is 1. The van der Waals surface area contributed by atoms with E-state index in [1.54, 1.807) is 6.20 Å². The molecule has 0 unspecified atom stereocenters. The van der Waals surface area contributed by atoms with Crippen LogP contribution in [0.15, 0.2) is 24.4 Å². The maximum atomic E-state index is 12.3. The van der Waals surface area contributed by atoms with Gasteiger partial charge in [-0.2, -0.15) is 5.10 Å². The molecule has 1 amide bonds. The van der Waals surface area contributed by atoms with E-state index in [1.165, 1.54) is 0 Å². The first kappa shape index (κ1) is 13.1. The number of fused-ring (bicyclic) bond motifs is 1. The highest BCUT2D eigenvalue weighted by Crippen LogP contribution is 2.23. The minimum Gasteiger partial charge on any atom is -0.349 e. The standard InChI is InChI=1S/C15H20N4O/c16-8-10-1-4-13(5-2-10)18-15(20)11-3-6-14-12(7-11)9-17-19-14/h3,6-7,9-10,13H,1-2,4-5,8,16H2,(H,17,19)(H,18,20). The molecule has 0 saturated heterocycles. The van der Waals surface area contributed by atoms with Crippen molar-refractivity contribution in [3.05, 3.63) is 30.0 Å². The minimum atomic E-state index is 0.00398. The van der Waals surface area contributed by atoms with Crippen LogP contribution in [0.4, 0.5) is 0 Å². The summed E-state index contributed by atoms with van der Waals surface area (Å²) in [5, 5.41) is 10.9. The molecule has 2 aromatic rings. The van der Waals surface area contributed by atoms with Crippen molar-refractivity contribution in [2.45, 2.75) is 31.7 Å². The van der Waals surface area contributed by atoms with Crippen molar-refractivity contribution in [1.82, 2.24) is 15.5 Å². The number of nitrogens with zero attached hydrogens (tertiary/aromatic N) is 1. The Morgan fingerprint density at radius 3 is 2.90 bits per heavy atom. The molecule has 1 aromatic carbocycles. The van der Waals surface area contributed by atoms with Crippen molar-refractivity contribution in [1.29, 1.82) is 0 Å². The summed E-state index contributed by atoms with van der Waals surface area (Å²) in [6.45, 7) is 0.762. The highest BCUT2D eigenvalue weighted by Gasteiger charge is 2.21. The zero-order chi connectivity index (χ0) is 13.9. The largest absolute Gasteiger partial charge is 0.349 e. The minimum absolute atomic E-state index is 0.00398. The van der Waals surface area contributed by atoms with Gasteiger partial charge in [-0.05, 0) is 56.3 Å². The van der Waals surface area contributed by atoms with Gasteiger partial charge in [-0.1, -0.05) is 0 Å². The van der Waals surface area contributed by atoms with Crippen LogP contribution in [0.1, 0.15) is 36.0 Å². The lowest BCUT2D eigenvalue weighted by atomic mass is 9.86. The zero-order valence-corrected chi connectivity index (χ0v) is 11.4. The summed E-state index contributed by atoms with van der Waals surface area (Å²) in [7, 11) is 0. The van der Waals surface area contributed by atoms with E-state index in [4.69, 9.17) is 5.73 Å². The fourth-order valence-corrected chi connectivity index (χ4v) is 2.90. The van der Waals surface area contributed by atoms with Gasteiger partial charge in [-0.25, -0.2) is 0 Å². The predicted molar refractivity (Wildman–Crippen MR) is 78.4 cm³/mol. The van der Waals surface area contributed by atoms with Gasteiger partial charge in [-0.3, -0.25) is 9.89 Å². The Kier molecular flexibility index (Phi) is 3.69. The summed E-state index contributed by atoms with van der Waals surface area (Å²) in [4.78, 5) is 12.3. The molecule has 1 saturated carbocycles. The van der Waals surface area contributed by atoms with Gasteiger partial charge in [0.15, 0.2) is 0 Å². The molecule has 1 fully saturated rings. The number of amides is 1. The van der Waals surface area contributed by atoms with Crippen molar-refractivity contribution in [3.63, 3.8) is 0 Å². The average molecular weight is 272 g/mol. The monoisotopic (exact) mass is 272 g/mol. The van der Waals surface area contributed by atoms with E-state index in [9.17, 15) is 4.79 Å². The van der Waals surface area contributed by atoms with E-state index in [2.05, 4.69) is 15.5 Å².